The Morgan fingerprint density at radius 2 is 1.97 bits per heavy atom. The van der Waals surface area contributed by atoms with Crippen LogP contribution < -0.4 is 5.73 Å². The Kier molecular flexibility index (Phi) is 6.70. The van der Waals surface area contributed by atoms with Gasteiger partial charge in [-0.2, -0.15) is 0 Å². The van der Waals surface area contributed by atoms with Gasteiger partial charge in [0.15, 0.2) is 0 Å². The number of piperidine rings is 1. The summed E-state index contributed by atoms with van der Waals surface area (Å²) in [4.78, 5) is 15.2. The van der Waals surface area contributed by atoms with Crippen molar-refractivity contribution >= 4 is 28.1 Å². The van der Waals surface area contributed by atoms with E-state index in [2.05, 4.69) is 46.6 Å². The van der Waals surface area contributed by atoms with E-state index in [9.17, 15) is 0 Å². The van der Waals surface area contributed by atoms with Gasteiger partial charge in [-0.05, 0) is 51.9 Å². The smallest absolute Gasteiger partial charge is 0.128 e. The molecule has 0 bridgehead atoms. The molecule has 5 nitrogen and oxygen atoms in total. The fraction of sp³-hybridized carbons (Fsp3) is 0.333. The highest BCUT2D eigenvalue weighted by molar-refractivity contribution is 6.05. The molecule has 2 heterocycles. The molecular formula is C24H31N5. The van der Waals surface area contributed by atoms with E-state index in [1.807, 2.05) is 38.3 Å². The van der Waals surface area contributed by atoms with Crippen LogP contribution in [-0.4, -0.2) is 34.5 Å². The van der Waals surface area contributed by atoms with E-state index in [1.54, 1.807) is 6.20 Å². The average Bonchev–Trinajstić information content (AvgIpc) is 3.19. The summed E-state index contributed by atoms with van der Waals surface area (Å²) in [6, 6.07) is 10.4. The minimum atomic E-state index is 0.465. The monoisotopic (exact) mass is 389 g/mol. The first-order chi connectivity index (χ1) is 14.0. The Morgan fingerprint density at radius 3 is 2.62 bits per heavy atom. The molecule has 1 aliphatic heterocycles. The van der Waals surface area contributed by atoms with Crippen molar-refractivity contribution in [1.29, 1.82) is 0 Å². The predicted octanol–water partition coefficient (Wildman–Crippen LogP) is 5.11. The number of benzene rings is 1. The largest absolute Gasteiger partial charge is 0.383 e. The highest BCUT2D eigenvalue weighted by Crippen LogP contribution is 2.27. The molecule has 0 saturated carbocycles. The van der Waals surface area contributed by atoms with Gasteiger partial charge >= 0.3 is 0 Å². The zero-order valence-electron chi connectivity index (χ0n) is 17.7. The van der Waals surface area contributed by atoms with Crippen molar-refractivity contribution in [2.24, 2.45) is 21.6 Å². The maximum Gasteiger partial charge on any atom is 0.128 e. The summed E-state index contributed by atoms with van der Waals surface area (Å²) in [6.07, 6.45) is 7.68. The summed E-state index contributed by atoms with van der Waals surface area (Å²) in [5, 5.41) is 1.16. The molecule has 1 fully saturated rings. The first-order valence-corrected chi connectivity index (χ1v) is 10.2. The minimum Gasteiger partial charge on any atom is -0.383 e. The Balaban J connectivity index is 2.02. The number of allylic oxidation sites excluding steroid dienone is 1. The first kappa shape index (κ1) is 20.6. The fourth-order valence-corrected chi connectivity index (χ4v) is 3.69. The molecule has 1 aliphatic rings. The number of rotatable bonds is 6. The van der Waals surface area contributed by atoms with Crippen molar-refractivity contribution in [3.63, 3.8) is 0 Å². The maximum absolute atomic E-state index is 6.27. The molecule has 0 unspecified atom stereocenters. The van der Waals surface area contributed by atoms with E-state index in [0.717, 1.165) is 59.5 Å². The third-order valence-electron chi connectivity index (χ3n) is 5.55. The van der Waals surface area contributed by atoms with E-state index in [-0.39, 0.29) is 0 Å². The van der Waals surface area contributed by atoms with E-state index in [4.69, 9.17) is 10.7 Å². The van der Waals surface area contributed by atoms with E-state index in [0.29, 0.717) is 11.8 Å². The lowest BCUT2D eigenvalue weighted by Crippen LogP contribution is -2.32. The van der Waals surface area contributed by atoms with E-state index in [1.165, 1.54) is 0 Å². The number of likely N-dealkylation sites (tertiary alicyclic amines) is 1. The number of hydrogen-bond donors (Lipinski definition) is 2. The molecule has 1 aromatic carbocycles. The Labute approximate surface area is 173 Å². The second-order valence-electron chi connectivity index (χ2n) is 7.49. The topological polar surface area (TPSA) is 69.8 Å². The average molecular weight is 390 g/mol. The van der Waals surface area contributed by atoms with Crippen molar-refractivity contribution in [2.75, 3.05) is 13.1 Å². The lowest BCUT2D eigenvalue weighted by atomic mass is 9.92. The van der Waals surface area contributed by atoms with Crippen LogP contribution in [0.1, 0.15) is 39.3 Å². The van der Waals surface area contributed by atoms with Crippen LogP contribution in [0.5, 0.6) is 0 Å². The fourth-order valence-electron chi connectivity index (χ4n) is 3.69. The number of aliphatic imine (C=N–C) groups is 2. The quantitative estimate of drug-likeness (QED) is 0.533. The van der Waals surface area contributed by atoms with E-state index >= 15 is 0 Å². The summed E-state index contributed by atoms with van der Waals surface area (Å²) in [5.74, 6) is 0.946. The number of H-pyrrole nitrogens is 1. The molecule has 152 valence electrons. The predicted molar refractivity (Wildman–Crippen MR) is 125 cm³/mol. The third-order valence-corrected chi connectivity index (χ3v) is 5.55. The molecule has 0 atom stereocenters. The van der Waals surface area contributed by atoms with Crippen LogP contribution in [0, 0.1) is 5.92 Å². The van der Waals surface area contributed by atoms with Gasteiger partial charge in [0.25, 0.3) is 0 Å². The van der Waals surface area contributed by atoms with Gasteiger partial charge in [-0.25, -0.2) is 4.99 Å². The minimum absolute atomic E-state index is 0.465. The zero-order chi connectivity index (χ0) is 20.8. The number of nitrogens with two attached hydrogens (primary N) is 1. The molecule has 0 amide bonds. The summed E-state index contributed by atoms with van der Waals surface area (Å²) < 4.78 is 0. The summed E-state index contributed by atoms with van der Waals surface area (Å²) in [6.45, 7) is 12.0. The molecule has 29 heavy (non-hydrogen) atoms. The number of para-hydroxylation sites is 1. The normalized spacial score (nSPS) is 17.8. The number of fused-ring (bicyclic) bond motifs is 1. The maximum atomic E-state index is 6.27. The first-order valence-electron chi connectivity index (χ1n) is 10.2. The molecule has 3 N–H and O–H groups in total. The SMILES string of the molecule is C=CN1CCC(C(C)=N/C(=C(C)/C(N)=N\C=C/C)c2cc3ccccc3[nH]2)CC1. The van der Waals surface area contributed by atoms with Crippen molar-refractivity contribution in [3.05, 3.63) is 66.7 Å². The molecule has 0 spiro atoms. The standard InChI is InChI=1S/C24H31N5/c1-5-13-26-24(25)17(3)23(22-16-20-9-7-8-10-21(20)28-22)27-18(4)19-11-14-29(6-2)15-12-19/h5-10,13,16,19,28H,2,11-12,14-15H2,1,3-4H3,(H2,25,26)/b13-5-,23-17+,27-18?. The molecule has 0 aliphatic carbocycles. The summed E-state index contributed by atoms with van der Waals surface area (Å²) in [7, 11) is 0. The Hall–Kier alpha value is -3.08. The molecular weight excluding hydrogens is 358 g/mol. The number of aromatic nitrogens is 1. The number of aromatic amines is 1. The van der Waals surface area contributed by atoms with Crippen LogP contribution in [0.25, 0.3) is 16.6 Å². The van der Waals surface area contributed by atoms with Gasteiger partial charge in [-0.15, -0.1) is 0 Å². The molecule has 1 saturated heterocycles. The van der Waals surface area contributed by atoms with Crippen LogP contribution in [0.15, 0.2) is 70.9 Å². The molecule has 0 radical (unpaired) electrons. The third kappa shape index (κ3) is 4.86. The second kappa shape index (κ2) is 9.41. The van der Waals surface area contributed by atoms with Crippen molar-refractivity contribution in [3.8, 4) is 0 Å². The Morgan fingerprint density at radius 1 is 1.24 bits per heavy atom. The van der Waals surface area contributed by atoms with Gasteiger partial charge in [0.2, 0.25) is 0 Å². The number of nitrogens with one attached hydrogen (secondary N) is 1. The molecule has 1 aromatic heterocycles. The zero-order valence-corrected chi connectivity index (χ0v) is 17.7. The van der Waals surface area contributed by atoms with Crippen LogP contribution in [-0.2, 0) is 0 Å². The van der Waals surface area contributed by atoms with Crippen LogP contribution in [0.4, 0.5) is 0 Å². The van der Waals surface area contributed by atoms with Crippen molar-refractivity contribution in [1.82, 2.24) is 9.88 Å². The van der Waals surface area contributed by atoms with Crippen molar-refractivity contribution in [2.45, 2.75) is 33.6 Å². The van der Waals surface area contributed by atoms with Crippen LogP contribution in [0.3, 0.4) is 0 Å². The van der Waals surface area contributed by atoms with Gasteiger partial charge in [-0.1, -0.05) is 30.9 Å². The lowest BCUT2D eigenvalue weighted by molar-refractivity contribution is 0.281. The number of amidine groups is 1. The van der Waals surface area contributed by atoms with Crippen LogP contribution in [0.2, 0.25) is 0 Å². The molecule has 2 aromatic rings. The lowest BCUT2D eigenvalue weighted by Gasteiger charge is -2.30. The molecule has 5 heteroatoms. The summed E-state index contributed by atoms with van der Waals surface area (Å²) in [5.41, 5.74) is 11.2. The number of hydrogen-bond acceptors (Lipinski definition) is 3. The highest BCUT2D eigenvalue weighted by atomic mass is 15.1. The number of nitrogens with zero attached hydrogens (tertiary/aromatic N) is 3. The van der Waals surface area contributed by atoms with Gasteiger partial charge < -0.3 is 15.6 Å². The van der Waals surface area contributed by atoms with Gasteiger partial charge in [0.05, 0.1) is 11.4 Å². The summed E-state index contributed by atoms with van der Waals surface area (Å²) >= 11 is 0. The second-order valence-corrected chi connectivity index (χ2v) is 7.49. The van der Waals surface area contributed by atoms with Gasteiger partial charge in [-0.3, -0.25) is 4.99 Å². The van der Waals surface area contributed by atoms with Gasteiger partial charge in [0.1, 0.15) is 5.84 Å². The van der Waals surface area contributed by atoms with Crippen LogP contribution >= 0.6 is 0 Å². The van der Waals surface area contributed by atoms with Gasteiger partial charge in [0, 0.05) is 47.4 Å². The Bertz CT molecular complexity index is 949. The van der Waals surface area contributed by atoms with E-state index < -0.39 is 0 Å². The highest BCUT2D eigenvalue weighted by Gasteiger charge is 2.21. The van der Waals surface area contributed by atoms with Crippen molar-refractivity contribution < 1.29 is 0 Å². The molecule has 3 rings (SSSR count).